The van der Waals surface area contributed by atoms with E-state index < -0.39 is 0 Å². The van der Waals surface area contributed by atoms with E-state index in [0.29, 0.717) is 11.6 Å². The Bertz CT molecular complexity index is 564. The van der Waals surface area contributed by atoms with Gasteiger partial charge in [0.15, 0.2) is 0 Å². The molecule has 2 N–H and O–H groups in total. The summed E-state index contributed by atoms with van der Waals surface area (Å²) in [6.45, 7) is 0.570. The fraction of sp³-hybridized carbons (Fsp3) is 0.143. The molecular formula is C14H14ClN3O. The average molecular weight is 276 g/mol. The predicted octanol–water partition coefficient (Wildman–Crippen LogP) is 2.44. The van der Waals surface area contributed by atoms with Gasteiger partial charge in [0.25, 0.3) is 0 Å². The molecule has 0 fully saturated rings. The number of benzene rings is 1. The van der Waals surface area contributed by atoms with E-state index in [0.717, 1.165) is 17.7 Å². The van der Waals surface area contributed by atoms with Crippen LogP contribution in [0.15, 0.2) is 42.9 Å². The van der Waals surface area contributed by atoms with E-state index in [2.05, 4.69) is 15.3 Å². The van der Waals surface area contributed by atoms with E-state index in [1.165, 1.54) is 6.08 Å². The molecule has 0 aliphatic heterocycles. The van der Waals surface area contributed by atoms with Gasteiger partial charge < -0.3 is 10.3 Å². The van der Waals surface area contributed by atoms with Crippen molar-refractivity contribution in [3.05, 3.63) is 59.1 Å². The van der Waals surface area contributed by atoms with Crippen molar-refractivity contribution >= 4 is 23.6 Å². The van der Waals surface area contributed by atoms with Gasteiger partial charge in [-0.15, -0.1) is 0 Å². The summed E-state index contributed by atoms with van der Waals surface area (Å²) < 4.78 is 0. The molecule has 0 saturated heterocycles. The quantitative estimate of drug-likeness (QED) is 0.824. The van der Waals surface area contributed by atoms with Gasteiger partial charge in [-0.2, -0.15) is 0 Å². The Morgan fingerprint density at radius 3 is 3.11 bits per heavy atom. The number of nitrogens with zero attached hydrogens (tertiary/aromatic N) is 1. The van der Waals surface area contributed by atoms with Gasteiger partial charge in [-0.25, -0.2) is 4.98 Å². The second-order valence-corrected chi connectivity index (χ2v) is 4.44. The van der Waals surface area contributed by atoms with Crippen molar-refractivity contribution in [3.8, 4) is 0 Å². The standard InChI is InChI=1S/C14H14ClN3O/c15-12-3-1-2-11(8-12)4-5-14(19)17-7-6-13-9-16-10-18-13/h1-5,8-10H,6-7H2,(H,16,18)(H,17,19). The Balaban J connectivity index is 1.78. The Kier molecular flexibility index (Phi) is 4.75. The fourth-order valence-corrected chi connectivity index (χ4v) is 1.78. The minimum absolute atomic E-state index is 0.125. The first-order valence-corrected chi connectivity index (χ1v) is 6.30. The Morgan fingerprint density at radius 1 is 1.47 bits per heavy atom. The van der Waals surface area contributed by atoms with Crippen molar-refractivity contribution in [3.63, 3.8) is 0 Å². The molecule has 1 heterocycles. The molecule has 19 heavy (non-hydrogen) atoms. The summed E-state index contributed by atoms with van der Waals surface area (Å²) in [7, 11) is 0. The van der Waals surface area contributed by atoms with Gasteiger partial charge in [-0.05, 0) is 23.8 Å². The van der Waals surface area contributed by atoms with Crippen molar-refractivity contribution in [2.45, 2.75) is 6.42 Å². The summed E-state index contributed by atoms with van der Waals surface area (Å²) in [6.07, 6.45) is 7.33. The summed E-state index contributed by atoms with van der Waals surface area (Å²) in [6, 6.07) is 7.33. The Labute approximate surface area is 116 Å². The molecule has 0 bridgehead atoms. The number of carbonyl (C=O) groups is 1. The van der Waals surface area contributed by atoms with Gasteiger partial charge >= 0.3 is 0 Å². The summed E-state index contributed by atoms with van der Waals surface area (Å²) >= 11 is 5.86. The number of aromatic amines is 1. The third kappa shape index (κ3) is 4.60. The van der Waals surface area contributed by atoms with Crippen LogP contribution in [0, 0.1) is 0 Å². The van der Waals surface area contributed by atoms with E-state index in [1.54, 1.807) is 30.7 Å². The molecule has 1 aromatic carbocycles. The van der Waals surface area contributed by atoms with E-state index in [4.69, 9.17) is 11.6 Å². The third-order valence-electron chi connectivity index (χ3n) is 2.52. The smallest absolute Gasteiger partial charge is 0.244 e. The van der Waals surface area contributed by atoms with E-state index in [-0.39, 0.29) is 5.91 Å². The molecule has 0 unspecified atom stereocenters. The fourth-order valence-electron chi connectivity index (χ4n) is 1.58. The number of hydrogen-bond donors (Lipinski definition) is 2. The predicted molar refractivity (Wildman–Crippen MR) is 75.8 cm³/mol. The topological polar surface area (TPSA) is 57.8 Å². The molecule has 0 aliphatic rings. The van der Waals surface area contributed by atoms with Crippen LogP contribution in [-0.4, -0.2) is 22.4 Å². The number of imidazole rings is 1. The van der Waals surface area contributed by atoms with Crippen LogP contribution in [0.5, 0.6) is 0 Å². The lowest BCUT2D eigenvalue weighted by Crippen LogP contribution is -2.23. The second kappa shape index (κ2) is 6.75. The first-order valence-electron chi connectivity index (χ1n) is 5.93. The van der Waals surface area contributed by atoms with Gasteiger partial charge in [-0.3, -0.25) is 4.79 Å². The summed E-state index contributed by atoms with van der Waals surface area (Å²) in [5.74, 6) is -0.125. The zero-order chi connectivity index (χ0) is 13.5. The minimum atomic E-state index is -0.125. The molecule has 2 rings (SSSR count). The van der Waals surface area contributed by atoms with Gasteiger partial charge in [0.1, 0.15) is 0 Å². The lowest BCUT2D eigenvalue weighted by Gasteiger charge is -2.00. The highest BCUT2D eigenvalue weighted by Crippen LogP contribution is 2.11. The number of carbonyl (C=O) groups excluding carboxylic acids is 1. The first-order chi connectivity index (χ1) is 9.24. The van der Waals surface area contributed by atoms with Crippen LogP contribution in [0.4, 0.5) is 0 Å². The van der Waals surface area contributed by atoms with Crippen molar-refractivity contribution in [1.29, 1.82) is 0 Å². The number of amides is 1. The van der Waals surface area contributed by atoms with Crippen LogP contribution in [-0.2, 0) is 11.2 Å². The highest BCUT2D eigenvalue weighted by atomic mass is 35.5. The van der Waals surface area contributed by atoms with Crippen molar-refractivity contribution in [1.82, 2.24) is 15.3 Å². The number of aromatic nitrogens is 2. The van der Waals surface area contributed by atoms with Crippen LogP contribution < -0.4 is 5.32 Å². The first kappa shape index (κ1) is 13.4. The SMILES string of the molecule is O=C(C=Cc1cccc(Cl)c1)NCCc1cnc[nH]1. The van der Waals surface area contributed by atoms with E-state index in [9.17, 15) is 4.79 Å². The molecule has 1 amide bonds. The maximum Gasteiger partial charge on any atom is 0.244 e. The van der Waals surface area contributed by atoms with Crippen LogP contribution in [0.2, 0.25) is 5.02 Å². The number of H-pyrrole nitrogens is 1. The largest absolute Gasteiger partial charge is 0.352 e. The van der Waals surface area contributed by atoms with Gasteiger partial charge in [-0.1, -0.05) is 23.7 Å². The average Bonchev–Trinajstić information content (AvgIpc) is 2.90. The maximum absolute atomic E-state index is 11.6. The third-order valence-corrected chi connectivity index (χ3v) is 2.76. The molecule has 1 aromatic heterocycles. The molecule has 0 radical (unpaired) electrons. The summed E-state index contributed by atoms with van der Waals surface area (Å²) in [5, 5.41) is 3.45. The molecule has 5 heteroatoms. The van der Waals surface area contributed by atoms with Crippen molar-refractivity contribution in [2.75, 3.05) is 6.54 Å². The summed E-state index contributed by atoms with van der Waals surface area (Å²) in [5.41, 5.74) is 1.90. The monoisotopic (exact) mass is 275 g/mol. The molecule has 98 valence electrons. The number of rotatable bonds is 5. The van der Waals surface area contributed by atoms with E-state index in [1.807, 2.05) is 12.1 Å². The molecular weight excluding hydrogens is 262 g/mol. The molecule has 0 saturated carbocycles. The van der Waals surface area contributed by atoms with Gasteiger partial charge in [0.2, 0.25) is 5.91 Å². The number of hydrogen-bond acceptors (Lipinski definition) is 2. The molecule has 4 nitrogen and oxygen atoms in total. The lowest BCUT2D eigenvalue weighted by molar-refractivity contribution is -0.116. The van der Waals surface area contributed by atoms with Crippen LogP contribution >= 0.6 is 11.6 Å². The second-order valence-electron chi connectivity index (χ2n) is 4.01. The molecule has 0 spiro atoms. The lowest BCUT2D eigenvalue weighted by atomic mass is 10.2. The minimum Gasteiger partial charge on any atom is -0.352 e. The van der Waals surface area contributed by atoms with Crippen molar-refractivity contribution in [2.24, 2.45) is 0 Å². The highest BCUT2D eigenvalue weighted by Gasteiger charge is 1.97. The molecule has 0 aliphatic carbocycles. The summed E-state index contributed by atoms with van der Waals surface area (Å²) in [4.78, 5) is 18.5. The van der Waals surface area contributed by atoms with Crippen LogP contribution in [0.3, 0.4) is 0 Å². The zero-order valence-corrected chi connectivity index (χ0v) is 11.0. The van der Waals surface area contributed by atoms with Crippen LogP contribution in [0.1, 0.15) is 11.3 Å². The Morgan fingerprint density at radius 2 is 2.37 bits per heavy atom. The molecule has 2 aromatic rings. The maximum atomic E-state index is 11.6. The normalized spacial score (nSPS) is 10.8. The van der Waals surface area contributed by atoms with E-state index >= 15 is 0 Å². The van der Waals surface area contributed by atoms with Gasteiger partial charge in [0.05, 0.1) is 6.33 Å². The van der Waals surface area contributed by atoms with Crippen LogP contribution in [0.25, 0.3) is 6.08 Å². The highest BCUT2D eigenvalue weighted by molar-refractivity contribution is 6.30. The van der Waals surface area contributed by atoms with Gasteiger partial charge in [0, 0.05) is 36.0 Å². The Hall–Kier alpha value is -2.07. The number of halogens is 1. The molecule has 0 atom stereocenters. The zero-order valence-electron chi connectivity index (χ0n) is 10.3. The number of nitrogens with one attached hydrogen (secondary N) is 2. The van der Waals surface area contributed by atoms with Crippen molar-refractivity contribution < 1.29 is 4.79 Å².